The minimum atomic E-state index is -4.36. The zero-order valence-electron chi connectivity index (χ0n) is 29.6. The Morgan fingerprint density at radius 1 is 0.667 bits per heavy atom. The van der Waals surface area contributed by atoms with Gasteiger partial charge in [-0.2, -0.15) is 0 Å². The fourth-order valence-corrected chi connectivity index (χ4v) is 5.38. The van der Waals surface area contributed by atoms with Gasteiger partial charge in [0.25, 0.3) is 0 Å². The first kappa shape index (κ1) is 43.8. The third-order valence-electron chi connectivity index (χ3n) is 7.55. The number of esters is 2. The summed E-state index contributed by atoms with van der Waals surface area (Å²) in [6.07, 6.45) is 25.5. The second-order valence-corrected chi connectivity index (χ2v) is 14.7. The number of unbranched alkanes of at least 4 members (excludes halogenated alkanes) is 16. The zero-order chi connectivity index (χ0) is 33.7. The van der Waals surface area contributed by atoms with Crippen LogP contribution < -0.4 is 0 Å². The molecule has 0 spiro atoms. The lowest BCUT2D eigenvalue weighted by Gasteiger charge is -2.24. The van der Waals surface area contributed by atoms with Gasteiger partial charge in [0.15, 0.2) is 6.10 Å². The van der Waals surface area contributed by atoms with E-state index in [-0.39, 0.29) is 25.6 Å². The molecule has 9 nitrogen and oxygen atoms in total. The number of hydrogen-bond acceptors (Lipinski definition) is 7. The lowest BCUT2D eigenvalue weighted by molar-refractivity contribution is -0.870. The molecule has 0 fully saturated rings. The molecule has 0 saturated carbocycles. The van der Waals surface area contributed by atoms with E-state index in [2.05, 4.69) is 26.0 Å². The molecule has 1 unspecified atom stereocenters. The molecule has 45 heavy (non-hydrogen) atoms. The number of quaternary nitrogens is 1. The molecule has 0 rings (SSSR count). The van der Waals surface area contributed by atoms with Crippen LogP contribution in [0, 0.1) is 0 Å². The monoisotopic (exact) mass is 662 g/mol. The molecule has 10 heteroatoms. The van der Waals surface area contributed by atoms with Crippen LogP contribution in [0.5, 0.6) is 0 Å². The maximum Gasteiger partial charge on any atom is 0.472 e. The highest BCUT2D eigenvalue weighted by atomic mass is 31.2. The van der Waals surface area contributed by atoms with Gasteiger partial charge in [0, 0.05) is 12.8 Å². The van der Waals surface area contributed by atoms with Gasteiger partial charge in [-0.05, 0) is 32.1 Å². The van der Waals surface area contributed by atoms with Crippen molar-refractivity contribution >= 4 is 19.8 Å². The van der Waals surface area contributed by atoms with Crippen molar-refractivity contribution in [1.82, 2.24) is 0 Å². The summed E-state index contributed by atoms with van der Waals surface area (Å²) in [4.78, 5) is 35.0. The number of phosphoric acid groups is 1. The molecule has 0 radical (unpaired) electrons. The molecule has 0 aromatic rings. The topological polar surface area (TPSA) is 108 Å². The van der Waals surface area contributed by atoms with Crippen LogP contribution >= 0.6 is 7.82 Å². The average Bonchev–Trinajstić information content (AvgIpc) is 2.97. The van der Waals surface area contributed by atoms with Crippen LogP contribution in [0.15, 0.2) is 12.2 Å². The fraction of sp³-hybridized carbons (Fsp3) is 0.886. The lowest BCUT2D eigenvalue weighted by atomic mass is 10.1. The van der Waals surface area contributed by atoms with Gasteiger partial charge in [-0.15, -0.1) is 0 Å². The number of carbonyl (C=O) groups excluding carboxylic acids is 2. The minimum Gasteiger partial charge on any atom is -0.462 e. The Morgan fingerprint density at radius 3 is 1.71 bits per heavy atom. The van der Waals surface area contributed by atoms with Crippen LogP contribution in [0.1, 0.15) is 149 Å². The summed E-state index contributed by atoms with van der Waals surface area (Å²) < 4.78 is 34.0. The standard InChI is InChI=1S/C35H68NO8P/c1-6-8-10-12-14-16-18-20-22-24-26-28-35(38)44-33(32-43-45(39,40)42-30-29-36(3,4)5)31-41-34(37)27-25-23-21-19-17-15-13-11-9-7-2/h12,14,33H,6-11,13,15-32H2,1-5H3/p+1/b14-12-/t33-/m1/s1. The van der Waals surface area contributed by atoms with Gasteiger partial charge in [0.2, 0.25) is 0 Å². The predicted molar refractivity (Wildman–Crippen MR) is 183 cm³/mol. The predicted octanol–water partition coefficient (Wildman–Crippen LogP) is 9.07. The third kappa shape index (κ3) is 32.5. The zero-order valence-corrected chi connectivity index (χ0v) is 30.5. The van der Waals surface area contributed by atoms with Gasteiger partial charge < -0.3 is 18.9 Å². The average molecular weight is 663 g/mol. The van der Waals surface area contributed by atoms with Gasteiger partial charge in [-0.25, -0.2) is 4.57 Å². The third-order valence-corrected chi connectivity index (χ3v) is 8.53. The normalized spacial score (nSPS) is 14.0. The van der Waals surface area contributed by atoms with Crippen molar-refractivity contribution in [2.24, 2.45) is 0 Å². The molecule has 1 N–H and O–H groups in total. The molecule has 2 atom stereocenters. The highest BCUT2D eigenvalue weighted by molar-refractivity contribution is 7.47. The SMILES string of the molecule is CCCC/C=C\CCCCCCCC(=O)O[C@H](COC(=O)CCCCCCCCCCCC)COP(=O)(O)OCC[N+](C)(C)C. The van der Waals surface area contributed by atoms with Gasteiger partial charge in [-0.3, -0.25) is 18.6 Å². The Balaban J connectivity index is 4.49. The van der Waals surface area contributed by atoms with E-state index in [1.807, 2.05) is 21.1 Å². The number of carbonyl (C=O) groups is 2. The van der Waals surface area contributed by atoms with E-state index < -0.39 is 26.5 Å². The molecule has 0 aromatic carbocycles. The Labute approximate surface area is 276 Å². The van der Waals surface area contributed by atoms with Gasteiger partial charge in [-0.1, -0.05) is 116 Å². The smallest absolute Gasteiger partial charge is 0.462 e. The number of allylic oxidation sites excluding steroid dienone is 2. The van der Waals surface area contributed by atoms with E-state index >= 15 is 0 Å². The summed E-state index contributed by atoms with van der Waals surface area (Å²) in [6.45, 7) is 4.34. The Kier molecular flexibility index (Phi) is 28.1. The molecule has 0 aliphatic heterocycles. The second-order valence-electron chi connectivity index (χ2n) is 13.3. The van der Waals surface area contributed by atoms with Crippen LogP contribution in [0.25, 0.3) is 0 Å². The van der Waals surface area contributed by atoms with Crippen molar-refractivity contribution in [2.75, 3.05) is 47.5 Å². The van der Waals surface area contributed by atoms with E-state index in [1.54, 1.807) is 0 Å². The number of ether oxygens (including phenoxy) is 2. The second kappa shape index (κ2) is 28.9. The Bertz CT molecular complexity index is 799. The van der Waals surface area contributed by atoms with Crippen LogP contribution in [-0.4, -0.2) is 74.9 Å². The molecule has 0 aromatic heterocycles. The number of likely N-dealkylation sites (N-methyl/N-ethyl adjacent to an activating group) is 1. The van der Waals surface area contributed by atoms with Crippen LogP contribution in [0.3, 0.4) is 0 Å². The maximum atomic E-state index is 12.5. The van der Waals surface area contributed by atoms with E-state index in [9.17, 15) is 19.0 Å². The first-order chi connectivity index (χ1) is 21.5. The molecular weight excluding hydrogens is 593 g/mol. The largest absolute Gasteiger partial charge is 0.472 e. The molecular formula is C35H69NO8P+. The van der Waals surface area contributed by atoms with Gasteiger partial charge >= 0.3 is 19.8 Å². The Morgan fingerprint density at radius 2 is 1.16 bits per heavy atom. The molecule has 0 aliphatic rings. The van der Waals surface area contributed by atoms with Crippen LogP contribution in [-0.2, 0) is 32.7 Å². The van der Waals surface area contributed by atoms with Crippen molar-refractivity contribution in [3.8, 4) is 0 Å². The van der Waals surface area contributed by atoms with E-state index in [0.717, 1.165) is 57.8 Å². The van der Waals surface area contributed by atoms with Crippen LogP contribution in [0.2, 0.25) is 0 Å². The highest BCUT2D eigenvalue weighted by Gasteiger charge is 2.27. The number of rotatable bonds is 32. The summed E-state index contributed by atoms with van der Waals surface area (Å²) in [6, 6.07) is 0. The summed E-state index contributed by atoms with van der Waals surface area (Å²) in [5, 5.41) is 0. The van der Waals surface area contributed by atoms with E-state index in [4.69, 9.17) is 18.5 Å². The molecule has 0 aliphatic carbocycles. The quantitative estimate of drug-likeness (QED) is 0.0250. The first-order valence-corrected chi connectivity index (χ1v) is 19.4. The molecule has 0 saturated heterocycles. The molecule has 0 amide bonds. The number of nitrogens with zero attached hydrogens (tertiary/aromatic N) is 1. The maximum absolute atomic E-state index is 12.5. The van der Waals surface area contributed by atoms with E-state index in [1.165, 1.54) is 57.8 Å². The Hall–Kier alpha value is -1.25. The van der Waals surface area contributed by atoms with Crippen molar-refractivity contribution in [3.63, 3.8) is 0 Å². The molecule has 0 bridgehead atoms. The first-order valence-electron chi connectivity index (χ1n) is 17.9. The summed E-state index contributed by atoms with van der Waals surface area (Å²) in [5.74, 6) is -0.811. The summed E-state index contributed by atoms with van der Waals surface area (Å²) in [5.41, 5.74) is 0. The van der Waals surface area contributed by atoms with Crippen molar-refractivity contribution in [3.05, 3.63) is 12.2 Å². The fourth-order valence-electron chi connectivity index (χ4n) is 4.64. The summed E-state index contributed by atoms with van der Waals surface area (Å²) in [7, 11) is 1.47. The lowest BCUT2D eigenvalue weighted by Crippen LogP contribution is -2.37. The van der Waals surface area contributed by atoms with Crippen LogP contribution in [0.4, 0.5) is 0 Å². The molecule has 266 valence electrons. The molecule has 0 heterocycles. The van der Waals surface area contributed by atoms with Crippen molar-refractivity contribution < 1.29 is 42.1 Å². The number of phosphoric ester groups is 1. The van der Waals surface area contributed by atoms with E-state index in [0.29, 0.717) is 23.9 Å². The summed E-state index contributed by atoms with van der Waals surface area (Å²) >= 11 is 0. The van der Waals surface area contributed by atoms with Crippen molar-refractivity contribution in [1.29, 1.82) is 0 Å². The minimum absolute atomic E-state index is 0.0325. The van der Waals surface area contributed by atoms with Gasteiger partial charge in [0.05, 0.1) is 27.7 Å². The van der Waals surface area contributed by atoms with Gasteiger partial charge in [0.1, 0.15) is 19.8 Å². The van der Waals surface area contributed by atoms with Crippen molar-refractivity contribution in [2.45, 2.75) is 155 Å². The highest BCUT2D eigenvalue weighted by Crippen LogP contribution is 2.43. The number of hydrogen-bond donors (Lipinski definition) is 1.